The third kappa shape index (κ3) is 9.75. The molecule has 1 aliphatic rings. The fourth-order valence-corrected chi connectivity index (χ4v) is 6.08. The minimum absolute atomic E-state index is 0.0485. The van der Waals surface area contributed by atoms with Crippen molar-refractivity contribution in [2.45, 2.75) is 57.5 Å². The highest BCUT2D eigenvalue weighted by atomic mass is 16.7. The highest BCUT2D eigenvalue weighted by Crippen LogP contribution is 2.42. The molecule has 4 aromatic rings. The average molecular weight is 669 g/mol. The third-order valence-electron chi connectivity index (χ3n) is 8.83. The molecule has 1 aliphatic heterocycles. The lowest BCUT2D eigenvalue weighted by Crippen LogP contribution is -2.44. The predicted octanol–water partition coefficient (Wildman–Crippen LogP) is 5.49. The van der Waals surface area contributed by atoms with E-state index in [-0.39, 0.29) is 55.8 Å². The molecule has 0 radical (unpaired) electrons. The van der Waals surface area contributed by atoms with Crippen LogP contribution in [0.5, 0.6) is 5.75 Å². The van der Waals surface area contributed by atoms with Crippen LogP contribution in [-0.4, -0.2) is 63.4 Å². The van der Waals surface area contributed by atoms with Crippen LogP contribution in [0.25, 0.3) is 11.1 Å². The van der Waals surface area contributed by atoms with E-state index in [0.717, 1.165) is 33.4 Å². The first kappa shape index (κ1) is 35.7. The monoisotopic (exact) mass is 668 g/mol. The number of amides is 1. The van der Waals surface area contributed by atoms with Crippen molar-refractivity contribution in [2.75, 3.05) is 20.1 Å². The van der Waals surface area contributed by atoms with Gasteiger partial charge in [-0.05, 0) is 64.7 Å². The summed E-state index contributed by atoms with van der Waals surface area (Å²) >= 11 is 0. The minimum Gasteiger partial charge on any atom is -0.508 e. The molecule has 10 nitrogen and oxygen atoms in total. The fourth-order valence-electron chi connectivity index (χ4n) is 6.08. The topological polar surface area (TPSA) is 149 Å². The summed E-state index contributed by atoms with van der Waals surface area (Å²) in [7, 11) is 1.93. The Balaban J connectivity index is 1.35. The normalized spacial score (nSPS) is 19.8. The molecule has 0 aromatic heterocycles. The number of ether oxygens (including phenoxy) is 2. The highest BCUT2D eigenvalue weighted by molar-refractivity contribution is 5.80. The van der Waals surface area contributed by atoms with E-state index in [1.54, 1.807) is 24.3 Å². The van der Waals surface area contributed by atoms with Crippen molar-refractivity contribution in [3.05, 3.63) is 125 Å². The van der Waals surface area contributed by atoms with E-state index >= 15 is 0 Å². The summed E-state index contributed by atoms with van der Waals surface area (Å²) in [6, 6.07) is 30.1. The maximum absolute atomic E-state index is 12.1. The van der Waals surface area contributed by atoms with Crippen LogP contribution in [0, 0.1) is 5.92 Å². The number of carbonyl (C=O) groups excluding carboxylic acids is 1. The standard InChI is InChI=1S/C39H44N2O8/c1-25-35(23-41(2)22-34(44)31-9-5-11-33(43)20-31)48-39(49-38(25)28-14-12-26(24-42)13-15-28)32-10-4-8-30(19-32)29-7-3-6-27(18-29)21-40-36(45)16-17-37(46)47/h3-15,18-20,25,34-35,38-39,42-44H,16-17,21-24H2,1-2H3,(H,40,45)(H,46,47)/t25-,34-,35+,38+,39+/m1/s1. The molecule has 5 atom stereocenters. The number of benzene rings is 4. The number of aliphatic hydroxyl groups excluding tert-OH is 2. The minimum atomic E-state index is -1.01. The molecule has 258 valence electrons. The quantitative estimate of drug-likeness (QED) is 0.118. The molecular formula is C39H44N2O8. The number of hydrogen-bond acceptors (Lipinski definition) is 8. The molecular weight excluding hydrogens is 624 g/mol. The molecule has 0 saturated carbocycles. The van der Waals surface area contributed by atoms with Gasteiger partial charge in [0, 0.05) is 37.5 Å². The van der Waals surface area contributed by atoms with Crippen molar-refractivity contribution in [1.29, 1.82) is 0 Å². The number of rotatable bonds is 14. The molecule has 10 heteroatoms. The number of aromatic hydroxyl groups is 1. The van der Waals surface area contributed by atoms with Gasteiger partial charge in [-0.25, -0.2) is 0 Å². The van der Waals surface area contributed by atoms with Crippen LogP contribution in [-0.2, 0) is 32.2 Å². The zero-order chi connectivity index (χ0) is 34.9. The van der Waals surface area contributed by atoms with Gasteiger partial charge in [-0.3, -0.25) is 9.59 Å². The highest BCUT2D eigenvalue weighted by Gasteiger charge is 2.39. The van der Waals surface area contributed by atoms with E-state index in [4.69, 9.17) is 14.6 Å². The molecule has 0 aliphatic carbocycles. The molecule has 1 fully saturated rings. The van der Waals surface area contributed by atoms with Crippen LogP contribution in [0.3, 0.4) is 0 Å². The van der Waals surface area contributed by atoms with Gasteiger partial charge in [-0.2, -0.15) is 0 Å². The summed E-state index contributed by atoms with van der Waals surface area (Å²) in [5.74, 6) is -1.27. The molecule has 4 aromatic carbocycles. The van der Waals surface area contributed by atoms with Crippen LogP contribution in [0.15, 0.2) is 97.1 Å². The first-order valence-electron chi connectivity index (χ1n) is 16.4. The van der Waals surface area contributed by atoms with Crippen molar-refractivity contribution in [2.24, 2.45) is 5.92 Å². The summed E-state index contributed by atoms with van der Waals surface area (Å²) in [6.45, 7) is 3.18. The second-order valence-electron chi connectivity index (χ2n) is 12.7. The van der Waals surface area contributed by atoms with Gasteiger partial charge in [0.25, 0.3) is 0 Å². The summed E-state index contributed by atoms with van der Waals surface area (Å²) in [5.41, 5.74) is 6.01. The Morgan fingerprint density at radius 2 is 1.57 bits per heavy atom. The lowest BCUT2D eigenvalue weighted by Gasteiger charge is -2.42. The summed E-state index contributed by atoms with van der Waals surface area (Å²) in [6.07, 6.45) is -2.34. The number of hydrogen-bond donors (Lipinski definition) is 5. The predicted molar refractivity (Wildman–Crippen MR) is 184 cm³/mol. The van der Waals surface area contributed by atoms with Crippen LogP contribution in [0.4, 0.5) is 0 Å². The SMILES string of the molecule is C[C@@H]1[C@H](CN(C)C[C@@H](O)c2cccc(O)c2)O[C@H](c2cccc(-c3cccc(CNC(=O)CCC(=O)O)c3)c2)O[C@@H]1c1ccc(CO)cc1. The number of phenols is 1. The van der Waals surface area contributed by atoms with E-state index in [1.807, 2.05) is 84.7 Å². The van der Waals surface area contributed by atoms with Crippen molar-refractivity contribution >= 4 is 11.9 Å². The Labute approximate surface area is 286 Å². The van der Waals surface area contributed by atoms with Crippen LogP contribution in [0.1, 0.15) is 66.1 Å². The number of likely N-dealkylation sites (N-methyl/N-ethyl adjacent to an activating group) is 1. The molecule has 5 rings (SSSR count). The third-order valence-corrected chi connectivity index (χ3v) is 8.83. The van der Waals surface area contributed by atoms with Gasteiger partial charge < -0.3 is 40.1 Å². The fraction of sp³-hybridized carbons (Fsp3) is 0.333. The van der Waals surface area contributed by atoms with Crippen molar-refractivity contribution < 1.29 is 39.5 Å². The molecule has 49 heavy (non-hydrogen) atoms. The van der Waals surface area contributed by atoms with Crippen molar-refractivity contribution in [3.63, 3.8) is 0 Å². The average Bonchev–Trinajstić information content (AvgIpc) is 3.11. The first-order valence-corrected chi connectivity index (χ1v) is 16.4. The summed E-state index contributed by atoms with van der Waals surface area (Å²) in [4.78, 5) is 24.9. The van der Waals surface area contributed by atoms with Gasteiger partial charge in [0.05, 0.1) is 31.3 Å². The number of carboxylic acids is 1. The van der Waals surface area contributed by atoms with E-state index in [9.17, 15) is 24.9 Å². The maximum Gasteiger partial charge on any atom is 0.303 e. The second kappa shape index (κ2) is 16.7. The zero-order valence-corrected chi connectivity index (χ0v) is 27.7. The number of nitrogens with zero attached hydrogens (tertiary/aromatic N) is 1. The van der Waals surface area contributed by atoms with Gasteiger partial charge in [0.1, 0.15) is 5.75 Å². The molecule has 0 bridgehead atoms. The van der Waals surface area contributed by atoms with E-state index < -0.39 is 18.4 Å². The lowest BCUT2D eigenvalue weighted by atomic mass is 9.89. The summed E-state index contributed by atoms with van der Waals surface area (Å²) in [5, 5.41) is 42.0. The van der Waals surface area contributed by atoms with Gasteiger partial charge in [0.2, 0.25) is 5.91 Å². The summed E-state index contributed by atoms with van der Waals surface area (Å²) < 4.78 is 13.3. The van der Waals surface area contributed by atoms with Crippen LogP contribution >= 0.6 is 0 Å². The van der Waals surface area contributed by atoms with Crippen LogP contribution in [0.2, 0.25) is 0 Å². The number of phenolic OH excluding ortho intramolecular Hbond substituents is 1. The molecule has 1 amide bonds. The number of aliphatic hydroxyl groups is 2. The van der Waals surface area contributed by atoms with Gasteiger partial charge in [-0.15, -0.1) is 0 Å². The van der Waals surface area contributed by atoms with E-state index in [0.29, 0.717) is 18.7 Å². The van der Waals surface area contributed by atoms with E-state index in [1.165, 1.54) is 0 Å². The van der Waals surface area contributed by atoms with Gasteiger partial charge in [0.15, 0.2) is 6.29 Å². The van der Waals surface area contributed by atoms with Gasteiger partial charge in [-0.1, -0.05) is 79.7 Å². The first-order chi connectivity index (χ1) is 23.6. The molecule has 1 heterocycles. The smallest absolute Gasteiger partial charge is 0.303 e. The molecule has 0 unspecified atom stereocenters. The Hall–Kier alpha value is -4.58. The number of carboxylic acid groups (broad SMARTS) is 1. The molecule has 5 N–H and O–H groups in total. The van der Waals surface area contributed by atoms with E-state index in [2.05, 4.69) is 12.2 Å². The number of aliphatic carboxylic acids is 1. The van der Waals surface area contributed by atoms with Crippen molar-refractivity contribution in [3.8, 4) is 16.9 Å². The maximum atomic E-state index is 12.1. The lowest BCUT2D eigenvalue weighted by molar-refractivity contribution is -0.276. The Kier molecular flexibility index (Phi) is 12.2. The molecule has 1 saturated heterocycles. The van der Waals surface area contributed by atoms with Crippen LogP contribution < -0.4 is 5.32 Å². The largest absolute Gasteiger partial charge is 0.508 e. The second-order valence-corrected chi connectivity index (χ2v) is 12.7. The Bertz CT molecular complexity index is 1710. The Morgan fingerprint density at radius 3 is 2.29 bits per heavy atom. The number of carbonyl (C=O) groups is 2. The Morgan fingerprint density at radius 1 is 0.857 bits per heavy atom. The number of nitrogens with one attached hydrogen (secondary N) is 1. The molecule has 0 spiro atoms. The van der Waals surface area contributed by atoms with Gasteiger partial charge >= 0.3 is 5.97 Å². The zero-order valence-electron chi connectivity index (χ0n) is 27.7. The van der Waals surface area contributed by atoms with Crippen molar-refractivity contribution in [1.82, 2.24) is 10.2 Å².